The van der Waals surface area contributed by atoms with Gasteiger partial charge in [-0.25, -0.2) is 4.98 Å². The van der Waals surface area contributed by atoms with E-state index in [0.717, 1.165) is 44.2 Å². The summed E-state index contributed by atoms with van der Waals surface area (Å²) in [6.45, 7) is 7.01. The molecular formula is C17H27N5O. The van der Waals surface area contributed by atoms with E-state index in [1.54, 1.807) is 6.20 Å². The number of nitrogens with zero attached hydrogens (tertiary/aromatic N) is 4. The van der Waals surface area contributed by atoms with E-state index in [-0.39, 0.29) is 11.5 Å². The molecule has 1 N–H and O–H groups in total. The number of likely N-dealkylation sites (tertiary alicyclic amines) is 1. The highest BCUT2D eigenvalue weighted by atomic mass is 16.2. The Kier molecular flexibility index (Phi) is 4.41. The lowest BCUT2D eigenvalue weighted by atomic mass is 9.73. The van der Waals surface area contributed by atoms with Gasteiger partial charge in [-0.2, -0.15) is 4.98 Å². The van der Waals surface area contributed by atoms with Crippen LogP contribution in [0.3, 0.4) is 0 Å². The predicted molar refractivity (Wildman–Crippen MR) is 91.5 cm³/mol. The van der Waals surface area contributed by atoms with Crippen LogP contribution in [0.4, 0.5) is 11.8 Å². The van der Waals surface area contributed by atoms with Crippen molar-refractivity contribution in [1.82, 2.24) is 14.9 Å². The first kappa shape index (κ1) is 16.0. The molecule has 6 heteroatoms. The lowest BCUT2D eigenvalue weighted by Gasteiger charge is -2.49. The highest BCUT2D eigenvalue weighted by molar-refractivity contribution is 5.77. The molecule has 3 heterocycles. The number of piperidine rings is 2. The Hall–Kier alpha value is -1.85. The van der Waals surface area contributed by atoms with Crippen molar-refractivity contribution in [3.63, 3.8) is 0 Å². The third-order valence-electron chi connectivity index (χ3n) is 5.16. The van der Waals surface area contributed by atoms with Gasteiger partial charge < -0.3 is 15.1 Å². The van der Waals surface area contributed by atoms with Crippen LogP contribution in [0, 0.1) is 5.41 Å². The summed E-state index contributed by atoms with van der Waals surface area (Å²) in [5.74, 6) is 1.94. The summed E-state index contributed by atoms with van der Waals surface area (Å²) in [5, 5.41) is 3.07. The summed E-state index contributed by atoms with van der Waals surface area (Å²) in [6, 6.07) is 2.15. The fraction of sp³-hybridized carbons (Fsp3) is 0.706. The standard InChI is InChI=1S/C17H27N5O/c1-13(2)22-12-17(8-5-15(22)23)7-4-10-21(11-17)16-19-9-6-14(18-3)20-16/h6,9,13H,4-5,7-8,10-12H2,1-3H3,(H,18,19,20). The van der Waals surface area contributed by atoms with Crippen LogP contribution >= 0.6 is 0 Å². The molecule has 3 rings (SSSR count). The fourth-order valence-corrected chi connectivity index (χ4v) is 3.87. The van der Waals surface area contributed by atoms with Crippen molar-refractivity contribution < 1.29 is 4.79 Å². The number of anilines is 2. The van der Waals surface area contributed by atoms with Crippen LogP contribution in [-0.2, 0) is 4.79 Å². The monoisotopic (exact) mass is 317 g/mol. The molecule has 23 heavy (non-hydrogen) atoms. The van der Waals surface area contributed by atoms with E-state index in [4.69, 9.17) is 0 Å². The van der Waals surface area contributed by atoms with Gasteiger partial charge in [0.2, 0.25) is 11.9 Å². The van der Waals surface area contributed by atoms with Gasteiger partial charge in [0.15, 0.2) is 0 Å². The maximum atomic E-state index is 12.2. The molecule has 1 atom stereocenters. The maximum Gasteiger partial charge on any atom is 0.227 e. The van der Waals surface area contributed by atoms with Gasteiger partial charge in [-0.05, 0) is 39.2 Å². The molecule has 1 aromatic heterocycles. The van der Waals surface area contributed by atoms with Crippen LogP contribution in [0.2, 0.25) is 0 Å². The molecule has 126 valence electrons. The zero-order chi connectivity index (χ0) is 16.4. The summed E-state index contributed by atoms with van der Waals surface area (Å²) >= 11 is 0. The molecule has 0 bridgehead atoms. The van der Waals surface area contributed by atoms with Crippen LogP contribution in [0.25, 0.3) is 0 Å². The molecule has 0 saturated carbocycles. The quantitative estimate of drug-likeness (QED) is 0.925. The first-order valence-electron chi connectivity index (χ1n) is 8.58. The number of rotatable bonds is 3. The van der Waals surface area contributed by atoms with Gasteiger partial charge in [-0.1, -0.05) is 0 Å². The Labute approximate surface area is 138 Å². The second-order valence-corrected chi connectivity index (χ2v) is 7.13. The predicted octanol–water partition coefficient (Wildman–Crippen LogP) is 2.14. The molecule has 1 unspecified atom stereocenters. The van der Waals surface area contributed by atoms with Crippen LogP contribution in [0.1, 0.15) is 39.5 Å². The highest BCUT2D eigenvalue weighted by Crippen LogP contribution is 2.40. The van der Waals surface area contributed by atoms with Crippen molar-refractivity contribution in [2.75, 3.05) is 36.9 Å². The van der Waals surface area contributed by atoms with Gasteiger partial charge in [-0.3, -0.25) is 4.79 Å². The maximum absolute atomic E-state index is 12.2. The van der Waals surface area contributed by atoms with E-state index in [9.17, 15) is 4.79 Å². The third-order valence-corrected chi connectivity index (χ3v) is 5.16. The van der Waals surface area contributed by atoms with Crippen molar-refractivity contribution in [2.24, 2.45) is 5.41 Å². The summed E-state index contributed by atoms with van der Waals surface area (Å²) in [7, 11) is 1.87. The van der Waals surface area contributed by atoms with E-state index in [2.05, 4.69) is 38.9 Å². The Morgan fingerprint density at radius 1 is 1.30 bits per heavy atom. The van der Waals surface area contributed by atoms with Gasteiger partial charge in [-0.15, -0.1) is 0 Å². The van der Waals surface area contributed by atoms with Gasteiger partial charge in [0.25, 0.3) is 0 Å². The number of hydrogen-bond acceptors (Lipinski definition) is 5. The molecule has 1 spiro atoms. The summed E-state index contributed by atoms with van der Waals surface area (Å²) in [4.78, 5) is 25.6. The molecule has 2 fully saturated rings. The Morgan fingerprint density at radius 2 is 2.13 bits per heavy atom. The topological polar surface area (TPSA) is 61.4 Å². The number of carbonyl (C=O) groups excluding carboxylic acids is 1. The van der Waals surface area contributed by atoms with Crippen molar-refractivity contribution >= 4 is 17.7 Å². The normalized spacial score (nSPS) is 25.3. The lowest BCUT2D eigenvalue weighted by Crippen LogP contribution is -2.55. The smallest absolute Gasteiger partial charge is 0.227 e. The Bertz CT molecular complexity index is 576. The summed E-state index contributed by atoms with van der Waals surface area (Å²) < 4.78 is 0. The van der Waals surface area contributed by atoms with Crippen molar-refractivity contribution in [2.45, 2.75) is 45.6 Å². The number of carbonyl (C=O) groups is 1. The third kappa shape index (κ3) is 3.26. The average molecular weight is 317 g/mol. The van der Waals surface area contributed by atoms with Crippen molar-refractivity contribution in [1.29, 1.82) is 0 Å². The van der Waals surface area contributed by atoms with Gasteiger partial charge in [0, 0.05) is 50.8 Å². The SMILES string of the molecule is CNc1ccnc(N2CCCC3(CCC(=O)N(C(C)C)C3)C2)n1. The summed E-state index contributed by atoms with van der Waals surface area (Å²) in [6.07, 6.45) is 5.78. The Morgan fingerprint density at radius 3 is 2.87 bits per heavy atom. The zero-order valence-electron chi connectivity index (χ0n) is 14.4. The molecular weight excluding hydrogens is 290 g/mol. The second kappa shape index (κ2) is 6.34. The molecule has 0 aromatic carbocycles. The van der Waals surface area contributed by atoms with E-state index in [1.807, 2.05) is 13.1 Å². The zero-order valence-corrected chi connectivity index (χ0v) is 14.4. The average Bonchev–Trinajstić information content (AvgIpc) is 2.57. The minimum Gasteiger partial charge on any atom is -0.373 e. The fourth-order valence-electron chi connectivity index (χ4n) is 3.87. The number of aromatic nitrogens is 2. The van der Waals surface area contributed by atoms with Gasteiger partial charge >= 0.3 is 0 Å². The van der Waals surface area contributed by atoms with Gasteiger partial charge in [0.05, 0.1) is 0 Å². The highest BCUT2D eigenvalue weighted by Gasteiger charge is 2.42. The lowest BCUT2D eigenvalue weighted by molar-refractivity contribution is -0.140. The first-order valence-corrected chi connectivity index (χ1v) is 8.58. The van der Waals surface area contributed by atoms with Crippen LogP contribution in [0.5, 0.6) is 0 Å². The molecule has 0 aliphatic carbocycles. The number of amides is 1. The van der Waals surface area contributed by atoms with E-state index in [0.29, 0.717) is 12.3 Å². The molecule has 1 amide bonds. The minimum absolute atomic E-state index is 0.190. The van der Waals surface area contributed by atoms with Crippen molar-refractivity contribution in [3.8, 4) is 0 Å². The minimum atomic E-state index is 0.190. The molecule has 0 radical (unpaired) electrons. The summed E-state index contributed by atoms with van der Waals surface area (Å²) in [5.41, 5.74) is 0.190. The number of nitrogens with one attached hydrogen (secondary N) is 1. The Balaban J connectivity index is 1.78. The van der Waals surface area contributed by atoms with Crippen molar-refractivity contribution in [3.05, 3.63) is 12.3 Å². The van der Waals surface area contributed by atoms with Crippen LogP contribution in [-0.4, -0.2) is 53.5 Å². The molecule has 2 aliphatic rings. The molecule has 2 aliphatic heterocycles. The van der Waals surface area contributed by atoms with Crippen LogP contribution < -0.4 is 10.2 Å². The second-order valence-electron chi connectivity index (χ2n) is 7.13. The molecule has 1 aromatic rings. The molecule has 6 nitrogen and oxygen atoms in total. The van der Waals surface area contributed by atoms with E-state index < -0.39 is 0 Å². The van der Waals surface area contributed by atoms with Gasteiger partial charge in [0.1, 0.15) is 5.82 Å². The first-order chi connectivity index (χ1) is 11.0. The molecule has 2 saturated heterocycles. The largest absolute Gasteiger partial charge is 0.373 e. The van der Waals surface area contributed by atoms with E-state index >= 15 is 0 Å². The van der Waals surface area contributed by atoms with E-state index in [1.165, 1.54) is 6.42 Å². The number of hydrogen-bond donors (Lipinski definition) is 1. The van der Waals surface area contributed by atoms with Crippen LogP contribution in [0.15, 0.2) is 12.3 Å².